The van der Waals surface area contributed by atoms with Gasteiger partial charge < -0.3 is 0 Å². The molecule has 0 aliphatic rings. The number of aliphatic imine (C=N–C) groups is 1. The van der Waals surface area contributed by atoms with Crippen LogP contribution in [-0.2, 0) is 6.42 Å². The third kappa shape index (κ3) is 5.39. The minimum absolute atomic E-state index is 0.995. The van der Waals surface area contributed by atoms with Crippen LogP contribution in [0.4, 0.5) is 5.69 Å². The molecule has 0 radical (unpaired) electrons. The summed E-state index contributed by atoms with van der Waals surface area (Å²) in [6.45, 7) is 5.84. The van der Waals surface area contributed by atoms with Crippen LogP contribution < -0.4 is 0 Å². The predicted octanol–water partition coefficient (Wildman–Crippen LogP) is 5.64. The van der Waals surface area contributed by atoms with Gasteiger partial charge in [0.1, 0.15) is 0 Å². The molecule has 0 bridgehead atoms. The van der Waals surface area contributed by atoms with E-state index in [0.29, 0.717) is 0 Å². The maximum atomic E-state index is 4.50. The molecule has 1 heteroatoms. The number of aryl methyl sites for hydroxylation is 2. The molecule has 0 spiro atoms. The molecule has 21 heavy (non-hydrogen) atoms. The van der Waals surface area contributed by atoms with Gasteiger partial charge in [-0.05, 0) is 55.9 Å². The van der Waals surface area contributed by atoms with Gasteiger partial charge in [0.15, 0.2) is 0 Å². The number of allylic oxidation sites excluding steroid dienone is 1. The zero-order valence-corrected chi connectivity index (χ0v) is 12.8. The number of benzene rings is 2. The Labute approximate surface area is 128 Å². The fourth-order valence-corrected chi connectivity index (χ4v) is 2.17. The first-order valence-corrected chi connectivity index (χ1v) is 7.58. The fourth-order valence-electron chi connectivity index (χ4n) is 2.17. The van der Waals surface area contributed by atoms with Crippen LogP contribution in [0.2, 0.25) is 0 Å². The van der Waals surface area contributed by atoms with Crippen LogP contribution in [0.3, 0.4) is 0 Å². The van der Waals surface area contributed by atoms with E-state index in [0.717, 1.165) is 24.1 Å². The summed E-state index contributed by atoms with van der Waals surface area (Å²) in [6, 6.07) is 16.9. The van der Waals surface area contributed by atoms with E-state index >= 15 is 0 Å². The predicted molar refractivity (Wildman–Crippen MR) is 92.6 cm³/mol. The SMILES string of the molecule is C=CCCCCc1ccc(C=Nc2ccc(C)cc2)cc1. The molecule has 0 fully saturated rings. The largest absolute Gasteiger partial charge is 0.256 e. The summed E-state index contributed by atoms with van der Waals surface area (Å²) < 4.78 is 0. The molecule has 2 aromatic rings. The van der Waals surface area contributed by atoms with Crippen molar-refractivity contribution in [2.24, 2.45) is 4.99 Å². The third-order valence-electron chi connectivity index (χ3n) is 3.50. The second kappa shape index (κ2) is 8.21. The van der Waals surface area contributed by atoms with Crippen molar-refractivity contribution in [2.45, 2.75) is 32.6 Å². The molecule has 0 amide bonds. The molecule has 0 N–H and O–H groups in total. The summed E-state index contributed by atoms with van der Waals surface area (Å²) in [5.74, 6) is 0. The molecule has 0 saturated carbocycles. The summed E-state index contributed by atoms with van der Waals surface area (Å²) in [5.41, 5.74) is 4.79. The van der Waals surface area contributed by atoms with E-state index in [1.807, 2.05) is 24.4 Å². The van der Waals surface area contributed by atoms with Crippen LogP contribution in [0, 0.1) is 6.92 Å². The van der Waals surface area contributed by atoms with Crippen molar-refractivity contribution in [3.63, 3.8) is 0 Å². The lowest BCUT2D eigenvalue weighted by molar-refractivity contribution is 0.748. The molecule has 0 atom stereocenters. The minimum atomic E-state index is 0.995. The summed E-state index contributed by atoms with van der Waals surface area (Å²) in [5, 5.41) is 0. The Morgan fingerprint density at radius 3 is 2.33 bits per heavy atom. The Bertz CT molecular complexity index is 576. The molecule has 0 saturated heterocycles. The molecule has 0 unspecified atom stereocenters. The maximum absolute atomic E-state index is 4.50. The number of hydrogen-bond acceptors (Lipinski definition) is 1. The number of hydrogen-bond donors (Lipinski definition) is 0. The van der Waals surface area contributed by atoms with Gasteiger partial charge in [0.2, 0.25) is 0 Å². The maximum Gasteiger partial charge on any atom is 0.0630 e. The van der Waals surface area contributed by atoms with Gasteiger partial charge in [-0.25, -0.2) is 0 Å². The van der Waals surface area contributed by atoms with Crippen molar-refractivity contribution in [3.05, 3.63) is 77.9 Å². The Morgan fingerprint density at radius 1 is 0.952 bits per heavy atom. The van der Waals surface area contributed by atoms with E-state index in [-0.39, 0.29) is 0 Å². The Balaban J connectivity index is 1.89. The molecular weight excluding hydrogens is 254 g/mol. The van der Waals surface area contributed by atoms with Crippen molar-refractivity contribution in [3.8, 4) is 0 Å². The summed E-state index contributed by atoms with van der Waals surface area (Å²) >= 11 is 0. The topological polar surface area (TPSA) is 12.4 Å². The quantitative estimate of drug-likeness (QED) is 0.352. The highest BCUT2D eigenvalue weighted by Crippen LogP contribution is 2.13. The lowest BCUT2D eigenvalue weighted by atomic mass is 10.1. The van der Waals surface area contributed by atoms with Gasteiger partial charge in [-0.2, -0.15) is 0 Å². The molecular formula is C20H23N. The van der Waals surface area contributed by atoms with Crippen LogP contribution >= 0.6 is 0 Å². The van der Waals surface area contributed by atoms with Gasteiger partial charge in [-0.1, -0.05) is 48.0 Å². The molecule has 1 nitrogen and oxygen atoms in total. The molecule has 2 rings (SSSR count). The van der Waals surface area contributed by atoms with Gasteiger partial charge in [-0.3, -0.25) is 4.99 Å². The van der Waals surface area contributed by atoms with Gasteiger partial charge in [0.05, 0.1) is 5.69 Å². The fraction of sp³-hybridized carbons (Fsp3) is 0.250. The highest BCUT2D eigenvalue weighted by molar-refractivity contribution is 5.81. The van der Waals surface area contributed by atoms with Gasteiger partial charge in [-0.15, -0.1) is 6.58 Å². The molecule has 0 aliphatic heterocycles. The smallest absolute Gasteiger partial charge is 0.0630 e. The Hall–Kier alpha value is -2.15. The van der Waals surface area contributed by atoms with E-state index in [1.54, 1.807) is 0 Å². The second-order valence-corrected chi connectivity index (χ2v) is 5.37. The number of rotatable bonds is 7. The lowest BCUT2D eigenvalue weighted by Gasteiger charge is -2.01. The van der Waals surface area contributed by atoms with Crippen LogP contribution in [0.1, 0.15) is 36.0 Å². The number of unbranched alkanes of at least 4 members (excludes halogenated alkanes) is 2. The molecule has 0 aliphatic carbocycles. The molecule has 0 aromatic heterocycles. The summed E-state index contributed by atoms with van der Waals surface area (Å²) in [6.07, 6.45) is 8.62. The first kappa shape index (κ1) is 15.2. The zero-order valence-electron chi connectivity index (χ0n) is 12.8. The van der Waals surface area contributed by atoms with Crippen LogP contribution in [0.5, 0.6) is 0 Å². The van der Waals surface area contributed by atoms with Crippen molar-refractivity contribution in [2.75, 3.05) is 0 Å². The minimum Gasteiger partial charge on any atom is -0.256 e. The molecule has 0 heterocycles. The van der Waals surface area contributed by atoms with Crippen LogP contribution in [-0.4, -0.2) is 6.21 Å². The zero-order chi connectivity index (χ0) is 14.9. The van der Waals surface area contributed by atoms with E-state index in [2.05, 4.69) is 54.9 Å². The Morgan fingerprint density at radius 2 is 1.67 bits per heavy atom. The van der Waals surface area contributed by atoms with Gasteiger partial charge in [0, 0.05) is 6.21 Å². The lowest BCUT2D eigenvalue weighted by Crippen LogP contribution is -1.87. The van der Waals surface area contributed by atoms with Crippen molar-refractivity contribution >= 4 is 11.9 Å². The highest BCUT2D eigenvalue weighted by atomic mass is 14.7. The van der Waals surface area contributed by atoms with Gasteiger partial charge in [0.25, 0.3) is 0 Å². The van der Waals surface area contributed by atoms with E-state index in [1.165, 1.54) is 24.0 Å². The monoisotopic (exact) mass is 277 g/mol. The third-order valence-corrected chi connectivity index (χ3v) is 3.50. The first-order valence-electron chi connectivity index (χ1n) is 7.58. The van der Waals surface area contributed by atoms with Crippen LogP contribution in [0.15, 0.2) is 66.2 Å². The van der Waals surface area contributed by atoms with E-state index in [9.17, 15) is 0 Å². The van der Waals surface area contributed by atoms with E-state index < -0.39 is 0 Å². The van der Waals surface area contributed by atoms with Crippen molar-refractivity contribution < 1.29 is 0 Å². The normalized spacial score (nSPS) is 10.9. The average molecular weight is 277 g/mol. The first-order chi connectivity index (χ1) is 10.3. The van der Waals surface area contributed by atoms with Crippen LogP contribution in [0.25, 0.3) is 0 Å². The highest BCUT2D eigenvalue weighted by Gasteiger charge is 1.94. The van der Waals surface area contributed by atoms with Crippen molar-refractivity contribution in [1.29, 1.82) is 0 Å². The molecule has 108 valence electrons. The standard InChI is InChI=1S/C20H23N/c1-3-4-5-6-7-18-10-12-19(13-11-18)16-21-20-14-8-17(2)9-15-20/h3,8-16H,1,4-7H2,2H3. The summed E-state index contributed by atoms with van der Waals surface area (Å²) in [7, 11) is 0. The Kier molecular flexibility index (Phi) is 5.96. The number of nitrogens with zero attached hydrogens (tertiary/aromatic N) is 1. The molecule has 2 aromatic carbocycles. The second-order valence-electron chi connectivity index (χ2n) is 5.37. The van der Waals surface area contributed by atoms with Gasteiger partial charge >= 0.3 is 0 Å². The van der Waals surface area contributed by atoms with Crippen molar-refractivity contribution in [1.82, 2.24) is 0 Å². The summed E-state index contributed by atoms with van der Waals surface area (Å²) in [4.78, 5) is 4.50. The van der Waals surface area contributed by atoms with E-state index in [4.69, 9.17) is 0 Å². The average Bonchev–Trinajstić information content (AvgIpc) is 2.52.